The summed E-state index contributed by atoms with van der Waals surface area (Å²) in [5.74, 6) is 0.737. The normalized spacial score (nSPS) is 25.5. The molecule has 1 aliphatic carbocycles. The Labute approximate surface area is 128 Å². The lowest BCUT2D eigenvalue weighted by Crippen LogP contribution is -2.30. The Bertz CT molecular complexity index is 317. The fraction of sp³-hybridized carbons (Fsp3) is 0.941. The quantitative estimate of drug-likeness (QED) is 0.352. The first-order valence-corrected chi connectivity index (χ1v) is 8.55. The first-order valence-electron chi connectivity index (χ1n) is 8.55. The summed E-state index contributed by atoms with van der Waals surface area (Å²) >= 11 is 0. The van der Waals surface area contributed by atoms with E-state index in [1.165, 1.54) is 38.5 Å². The molecule has 4 heteroatoms. The molecule has 1 atom stereocenters. The van der Waals surface area contributed by atoms with Gasteiger partial charge in [0, 0.05) is 19.6 Å². The van der Waals surface area contributed by atoms with Crippen LogP contribution in [0, 0.1) is 5.92 Å². The standard InChI is InChI=1S/C17H30O4/c1-14(2)21-16(18)17(13-20-17)10-12-19-11-6-5-9-15-7-3-4-8-15/h14-15H,3-13H2,1-2H3. The van der Waals surface area contributed by atoms with E-state index in [-0.39, 0.29) is 12.1 Å². The monoisotopic (exact) mass is 298 g/mol. The molecule has 1 saturated heterocycles. The van der Waals surface area contributed by atoms with Crippen molar-refractivity contribution < 1.29 is 19.0 Å². The van der Waals surface area contributed by atoms with Crippen LogP contribution in [0.25, 0.3) is 0 Å². The Morgan fingerprint density at radius 2 is 1.95 bits per heavy atom. The predicted molar refractivity (Wildman–Crippen MR) is 81.2 cm³/mol. The second-order valence-electron chi connectivity index (χ2n) is 6.75. The van der Waals surface area contributed by atoms with E-state index in [1.54, 1.807) is 0 Å². The minimum atomic E-state index is -0.700. The molecule has 2 fully saturated rings. The summed E-state index contributed by atoms with van der Waals surface area (Å²) in [5.41, 5.74) is -0.700. The molecule has 0 bridgehead atoms. The number of esters is 1. The van der Waals surface area contributed by atoms with Gasteiger partial charge in [0.15, 0.2) is 5.60 Å². The lowest BCUT2D eigenvalue weighted by molar-refractivity contribution is -0.154. The van der Waals surface area contributed by atoms with Crippen LogP contribution in [0.4, 0.5) is 0 Å². The van der Waals surface area contributed by atoms with Gasteiger partial charge in [-0.05, 0) is 26.2 Å². The highest BCUT2D eigenvalue weighted by Crippen LogP contribution is 2.33. The topological polar surface area (TPSA) is 48.1 Å². The molecule has 4 nitrogen and oxygen atoms in total. The van der Waals surface area contributed by atoms with Crippen LogP contribution in [0.3, 0.4) is 0 Å². The highest BCUT2D eigenvalue weighted by molar-refractivity contribution is 5.82. The van der Waals surface area contributed by atoms with Gasteiger partial charge in [-0.1, -0.05) is 38.5 Å². The Hall–Kier alpha value is -0.610. The number of unbranched alkanes of at least 4 members (excludes halogenated alkanes) is 1. The highest BCUT2D eigenvalue weighted by Gasteiger charge is 2.53. The van der Waals surface area contributed by atoms with Gasteiger partial charge in [-0.2, -0.15) is 0 Å². The Balaban J connectivity index is 1.47. The van der Waals surface area contributed by atoms with Crippen molar-refractivity contribution >= 4 is 5.97 Å². The first-order chi connectivity index (χ1) is 10.1. The molecule has 2 rings (SSSR count). The smallest absolute Gasteiger partial charge is 0.341 e. The molecule has 0 aromatic heterocycles. The van der Waals surface area contributed by atoms with E-state index in [0.717, 1.165) is 18.9 Å². The van der Waals surface area contributed by atoms with Crippen molar-refractivity contribution in [3.05, 3.63) is 0 Å². The van der Waals surface area contributed by atoms with Crippen molar-refractivity contribution in [2.24, 2.45) is 5.92 Å². The fourth-order valence-corrected chi connectivity index (χ4v) is 3.05. The number of rotatable bonds is 10. The Kier molecular flexibility index (Phi) is 6.49. The van der Waals surface area contributed by atoms with Gasteiger partial charge in [-0.15, -0.1) is 0 Å². The van der Waals surface area contributed by atoms with Crippen molar-refractivity contribution in [3.8, 4) is 0 Å². The van der Waals surface area contributed by atoms with E-state index in [1.807, 2.05) is 13.8 Å². The molecule has 0 aromatic rings. The van der Waals surface area contributed by atoms with Crippen molar-refractivity contribution in [3.63, 3.8) is 0 Å². The first kappa shape index (κ1) is 16.8. The molecule has 0 aromatic carbocycles. The molecular weight excluding hydrogens is 268 g/mol. The van der Waals surface area contributed by atoms with Gasteiger partial charge in [0.1, 0.15) is 0 Å². The largest absolute Gasteiger partial charge is 0.461 e. The van der Waals surface area contributed by atoms with E-state index in [0.29, 0.717) is 19.6 Å². The Morgan fingerprint density at radius 3 is 2.57 bits per heavy atom. The predicted octanol–water partition coefficient (Wildman–Crippen LogP) is 3.47. The maximum Gasteiger partial charge on any atom is 0.341 e. The summed E-state index contributed by atoms with van der Waals surface area (Å²) in [4.78, 5) is 11.8. The van der Waals surface area contributed by atoms with Gasteiger partial charge in [0.25, 0.3) is 0 Å². The number of epoxide rings is 1. The van der Waals surface area contributed by atoms with E-state index >= 15 is 0 Å². The van der Waals surface area contributed by atoms with Gasteiger partial charge >= 0.3 is 5.97 Å². The van der Waals surface area contributed by atoms with Crippen molar-refractivity contribution in [1.29, 1.82) is 0 Å². The molecule has 0 radical (unpaired) electrons. The summed E-state index contributed by atoms with van der Waals surface area (Å²) in [6.07, 6.45) is 9.99. The second kappa shape index (κ2) is 8.14. The minimum Gasteiger partial charge on any atom is -0.461 e. The van der Waals surface area contributed by atoms with Crippen molar-refractivity contribution in [1.82, 2.24) is 0 Å². The van der Waals surface area contributed by atoms with Crippen LogP contribution < -0.4 is 0 Å². The maximum absolute atomic E-state index is 11.8. The lowest BCUT2D eigenvalue weighted by Gasteiger charge is -2.14. The van der Waals surface area contributed by atoms with Crippen LogP contribution in [0.1, 0.15) is 65.2 Å². The summed E-state index contributed by atoms with van der Waals surface area (Å²) in [6.45, 7) is 5.56. The molecule has 0 amide bonds. The SMILES string of the molecule is CC(C)OC(=O)C1(CCOCCCCC2CCCC2)CO1. The molecular formula is C17H30O4. The molecule has 2 aliphatic rings. The van der Waals surface area contributed by atoms with Crippen LogP contribution in [0.5, 0.6) is 0 Å². The average molecular weight is 298 g/mol. The van der Waals surface area contributed by atoms with Crippen molar-refractivity contribution in [2.75, 3.05) is 19.8 Å². The zero-order valence-electron chi connectivity index (χ0n) is 13.6. The van der Waals surface area contributed by atoms with Gasteiger partial charge in [-0.3, -0.25) is 0 Å². The van der Waals surface area contributed by atoms with Gasteiger partial charge in [0.2, 0.25) is 0 Å². The summed E-state index contributed by atoms with van der Waals surface area (Å²) in [6, 6.07) is 0. The summed E-state index contributed by atoms with van der Waals surface area (Å²) < 4.78 is 16.2. The number of hydrogen-bond acceptors (Lipinski definition) is 4. The van der Waals surface area contributed by atoms with Crippen molar-refractivity contribution in [2.45, 2.75) is 76.9 Å². The molecule has 1 aliphatic heterocycles. The molecule has 1 heterocycles. The Morgan fingerprint density at radius 1 is 1.24 bits per heavy atom. The van der Waals surface area contributed by atoms with Crippen LogP contribution >= 0.6 is 0 Å². The molecule has 0 N–H and O–H groups in total. The molecule has 1 unspecified atom stereocenters. The third-order valence-corrected chi connectivity index (χ3v) is 4.48. The van der Waals surface area contributed by atoms with Crippen LogP contribution in [-0.2, 0) is 19.0 Å². The summed E-state index contributed by atoms with van der Waals surface area (Å²) in [7, 11) is 0. The molecule has 122 valence electrons. The fourth-order valence-electron chi connectivity index (χ4n) is 3.05. The highest BCUT2D eigenvalue weighted by atomic mass is 16.6. The van der Waals surface area contributed by atoms with Crippen LogP contribution in [0.2, 0.25) is 0 Å². The van der Waals surface area contributed by atoms with Gasteiger partial charge in [-0.25, -0.2) is 4.79 Å². The molecule has 0 spiro atoms. The minimum absolute atomic E-state index is 0.0879. The van der Waals surface area contributed by atoms with E-state index in [9.17, 15) is 4.79 Å². The maximum atomic E-state index is 11.8. The lowest BCUT2D eigenvalue weighted by atomic mass is 10.0. The third kappa shape index (κ3) is 5.59. The van der Waals surface area contributed by atoms with Crippen LogP contribution in [-0.4, -0.2) is 37.5 Å². The third-order valence-electron chi connectivity index (χ3n) is 4.48. The zero-order chi connectivity index (χ0) is 15.1. The van der Waals surface area contributed by atoms with Gasteiger partial charge < -0.3 is 14.2 Å². The van der Waals surface area contributed by atoms with Gasteiger partial charge in [0.05, 0.1) is 12.7 Å². The number of carbonyl (C=O) groups is 1. The van der Waals surface area contributed by atoms with E-state index < -0.39 is 5.60 Å². The van der Waals surface area contributed by atoms with E-state index in [2.05, 4.69) is 0 Å². The van der Waals surface area contributed by atoms with Crippen LogP contribution in [0.15, 0.2) is 0 Å². The number of ether oxygens (including phenoxy) is 3. The average Bonchev–Trinajstić information content (AvgIpc) is 3.05. The molecule has 1 saturated carbocycles. The number of hydrogen-bond donors (Lipinski definition) is 0. The second-order valence-corrected chi connectivity index (χ2v) is 6.75. The number of carbonyl (C=O) groups excluding carboxylic acids is 1. The van der Waals surface area contributed by atoms with E-state index in [4.69, 9.17) is 14.2 Å². The molecule has 21 heavy (non-hydrogen) atoms. The zero-order valence-corrected chi connectivity index (χ0v) is 13.6. The summed E-state index contributed by atoms with van der Waals surface area (Å²) in [5, 5.41) is 0.